The Morgan fingerprint density at radius 2 is 1.80 bits per heavy atom. The molecule has 2 aromatic carbocycles. The fourth-order valence-corrected chi connectivity index (χ4v) is 1.83. The molecular weight excluding hydrogens is 256 g/mol. The van der Waals surface area contributed by atoms with Gasteiger partial charge in [-0.15, -0.1) is 0 Å². The first-order chi connectivity index (χ1) is 9.65. The van der Waals surface area contributed by atoms with Crippen molar-refractivity contribution in [3.63, 3.8) is 0 Å². The quantitative estimate of drug-likeness (QED) is 0.848. The highest BCUT2D eigenvalue weighted by molar-refractivity contribution is 5.67. The Bertz CT molecular complexity index is 578. The van der Waals surface area contributed by atoms with Crippen LogP contribution in [0.25, 0.3) is 0 Å². The van der Waals surface area contributed by atoms with Crippen molar-refractivity contribution in [1.29, 1.82) is 0 Å². The molecule has 0 aliphatic carbocycles. The van der Waals surface area contributed by atoms with Crippen LogP contribution in [0.3, 0.4) is 0 Å². The van der Waals surface area contributed by atoms with E-state index in [4.69, 9.17) is 9.84 Å². The molecule has 0 heterocycles. The normalized spacial score (nSPS) is 10.2. The first kappa shape index (κ1) is 13.9. The van der Waals surface area contributed by atoms with Crippen molar-refractivity contribution in [3.8, 4) is 11.5 Å². The third-order valence-electron chi connectivity index (χ3n) is 2.89. The van der Waals surface area contributed by atoms with Gasteiger partial charge in [-0.25, -0.2) is 0 Å². The van der Waals surface area contributed by atoms with Crippen molar-refractivity contribution < 1.29 is 19.7 Å². The number of aliphatic carboxylic acids is 1. The molecule has 4 nitrogen and oxygen atoms in total. The van der Waals surface area contributed by atoms with E-state index < -0.39 is 5.97 Å². The smallest absolute Gasteiger partial charge is 0.303 e. The number of hydrogen-bond donors (Lipinski definition) is 2. The van der Waals surface area contributed by atoms with Gasteiger partial charge < -0.3 is 14.9 Å². The second-order valence-electron chi connectivity index (χ2n) is 4.47. The van der Waals surface area contributed by atoms with Gasteiger partial charge in [0.15, 0.2) is 11.5 Å². The topological polar surface area (TPSA) is 66.8 Å². The van der Waals surface area contributed by atoms with Gasteiger partial charge in [0.05, 0.1) is 0 Å². The van der Waals surface area contributed by atoms with Crippen LogP contribution in [0.2, 0.25) is 0 Å². The summed E-state index contributed by atoms with van der Waals surface area (Å²) in [6.07, 6.45) is 0.436. The monoisotopic (exact) mass is 272 g/mol. The molecule has 0 aromatic heterocycles. The van der Waals surface area contributed by atoms with Gasteiger partial charge in [0.1, 0.15) is 6.61 Å². The molecule has 0 aliphatic heterocycles. The average Bonchev–Trinajstić information content (AvgIpc) is 2.45. The molecule has 0 radical (unpaired) electrons. The van der Waals surface area contributed by atoms with E-state index in [0.717, 1.165) is 11.1 Å². The summed E-state index contributed by atoms with van der Waals surface area (Å²) < 4.78 is 5.54. The maximum Gasteiger partial charge on any atom is 0.303 e. The lowest BCUT2D eigenvalue weighted by molar-refractivity contribution is -0.136. The lowest BCUT2D eigenvalue weighted by atomic mass is 10.1. The van der Waals surface area contributed by atoms with Crippen molar-refractivity contribution in [2.75, 3.05) is 0 Å². The Morgan fingerprint density at radius 3 is 2.45 bits per heavy atom. The van der Waals surface area contributed by atoms with Crippen LogP contribution in [0.15, 0.2) is 48.5 Å². The predicted molar refractivity (Wildman–Crippen MR) is 74.8 cm³/mol. The van der Waals surface area contributed by atoms with Crippen LogP contribution in [0, 0.1) is 0 Å². The molecule has 0 spiro atoms. The van der Waals surface area contributed by atoms with E-state index in [0.29, 0.717) is 18.8 Å². The van der Waals surface area contributed by atoms with Crippen LogP contribution in [0.1, 0.15) is 17.5 Å². The number of carboxylic acid groups (broad SMARTS) is 1. The standard InChI is InChI=1S/C16H16O4/c17-14-10-12(7-9-16(18)19)6-8-15(14)20-11-13-4-2-1-3-5-13/h1-6,8,10,17H,7,9,11H2,(H,18,19). The Kier molecular flexibility index (Phi) is 4.60. The number of aryl methyl sites for hydroxylation is 1. The van der Waals surface area contributed by atoms with Gasteiger partial charge >= 0.3 is 5.97 Å². The first-order valence-electron chi connectivity index (χ1n) is 6.35. The number of ether oxygens (including phenoxy) is 1. The molecule has 20 heavy (non-hydrogen) atoms. The van der Waals surface area contributed by atoms with Gasteiger partial charge in [0, 0.05) is 6.42 Å². The molecule has 0 amide bonds. The van der Waals surface area contributed by atoms with Crippen LogP contribution >= 0.6 is 0 Å². The molecular formula is C16H16O4. The Morgan fingerprint density at radius 1 is 1.05 bits per heavy atom. The molecule has 0 fully saturated rings. The van der Waals surface area contributed by atoms with E-state index in [1.54, 1.807) is 18.2 Å². The van der Waals surface area contributed by atoms with E-state index in [9.17, 15) is 9.90 Å². The number of carbonyl (C=O) groups is 1. The lowest BCUT2D eigenvalue weighted by Gasteiger charge is -2.09. The first-order valence-corrected chi connectivity index (χ1v) is 6.35. The zero-order valence-electron chi connectivity index (χ0n) is 11.0. The molecule has 0 unspecified atom stereocenters. The summed E-state index contributed by atoms with van der Waals surface area (Å²) in [7, 11) is 0. The van der Waals surface area contributed by atoms with Crippen molar-refractivity contribution in [3.05, 3.63) is 59.7 Å². The molecule has 0 aliphatic rings. The van der Waals surface area contributed by atoms with Crippen molar-refractivity contribution >= 4 is 5.97 Å². The van der Waals surface area contributed by atoms with Gasteiger partial charge in [0.25, 0.3) is 0 Å². The van der Waals surface area contributed by atoms with Gasteiger partial charge in [-0.05, 0) is 29.7 Å². The largest absolute Gasteiger partial charge is 0.504 e. The number of rotatable bonds is 6. The number of hydrogen-bond acceptors (Lipinski definition) is 3. The van der Waals surface area contributed by atoms with E-state index in [2.05, 4.69) is 0 Å². The number of benzene rings is 2. The van der Waals surface area contributed by atoms with Crippen molar-refractivity contribution in [2.45, 2.75) is 19.4 Å². The third-order valence-corrected chi connectivity index (χ3v) is 2.89. The Hall–Kier alpha value is -2.49. The number of aromatic hydroxyl groups is 1. The molecule has 0 atom stereocenters. The SMILES string of the molecule is O=C(O)CCc1ccc(OCc2ccccc2)c(O)c1. The highest BCUT2D eigenvalue weighted by Gasteiger charge is 2.06. The summed E-state index contributed by atoms with van der Waals surface area (Å²) in [5, 5.41) is 18.5. The van der Waals surface area contributed by atoms with Gasteiger partial charge in [0.2, 0.25) is 0 Å². The maximum absolute atomic E-state index is 10.5. The van der Waals surface area contributed by atoms with E-state index in [-0.39, 0.29) is 12.2 Å². The Balaban J connectivity index is 1.97. The fourth-order valence-electron chi connectivity index (χ4n) is 1.83. The molecule has 0 saturated heterocycles. The van der Waals surface area contributed by atoms with Gasteiger partial charge in [-0.3, -0.25) is 4.79 Å². The zero-order valence-corrected chi connectivity index (χ0v) is 11.0. The molecule has 2 N–H and O–H groups in total. The molecule has 0 saturated carbocycles. The van der Waals surface area contributed by atoms with E-state index in [1.807, 2.05) is 30.3 Å². The van der Waals surface area contributed by atoms with Crippen LogP contribution in [-0.4, -0.2) is 16.2 Å². The molecule has 2 rings (SSSR count). The minimum absolute atomic E-state index is 0.0313. The van der Waals surface area contributed by atoms with E-state index >= 15 is 0 Å². The lowest BCUT2D eigenvalue weighted by Crippen LogP contribution is -1.98. The second kappa shape index (κ2) is 6.61. The predicted octanol–water partition coefficient (Wildman–Crippen LogP) is 2.99. The van der Waals surface area contributed by atoms with Crippen molar-refractivity contribution in [1.82, 2.24) is 0 Å². The number of carboxylic acids is 1. The summed E-state index contributed by atoms with van der Waals surface area (Å²) in [4.78, 5) is 10.5. The number of phenols is 1. The average molecular weight is 272 g/mol. The number of phenolic OH excluding ortho intramolecular Hbond substituents is 1. The second-order valence-corrected chi connectivity index (χ2v) is 4.47. The van der Waals surface area contributed by atoms with Crippen LogP contribution in [0.4, 0.5) is 0 Å². The molecule has 4 heteroatoms. The van der Waals surface area contributed by atoms with Gasteiger partial charge in [-0.1, -0.05) is 36.4 Å². The Labute approximate surface area is 117 Å². The minimum Gasteiger partial charge on any atom is -0.504 e. The van der Waals surface area contributed by atoms with Crippen molar-refractivity contribution in [2.24, 2.45) is 0 Å². The highest BCUT2D eigenvalue weighted by atomic mass is 16.5. The van der Waals surface area contributed by atoms with Crippen LogP contribution < -0.4 is 4.74 Å². The highest BCUT2D eigenvalue weighted by Crippen LogP contribution is 2.28. The van der Waals surface area contributed by atoms with Crippen LogP contribution in [-0.2, 0) is 17.8 Å². The zero-order chi connectivity index (χ0) is 14.4. The molecule has 2 aromatic rings. The summed E-state index contributed by atoms with van der Waals surface area (Å²) in [6, 6.07) is 14.6. The summed E-state index contributed by atoms with van der Waals surface area (Å²) in [5.41, 5.74) is 1.79. The summed E-state index contributed by atoms with van der Waals surface area (Å²) in [6.45, 7) is 0.378. The van der Waals surface area contributed by atoms with Crippen LogP contribution in [0.5, 0.6) is 11.5 Å². The summed E-state index contributed by atoms with van der Waals surface area (Å²) in [5.74, 6) is -0.425. The summed E-state index contributed by atoms with van der Waals surface area (Å²) >= 11 is 0. The maximum atomic E-state index is 10.5. The fraction of sp³-hybridized carbons (Fsp3) is 0.188. The molecule has 104 valence electrons. The third kappa shape index (κ3) is 4.02. The van der Waals surface area contributed by atoms with E-state index in [1.165, 1.54) is 0 Å². The van der Waals surface area contributed by atoms with Gasteiger partial charge in [-0.2, -0.15) is 0 Å². The minimum atomic E-state index is -0.853. The molecule has 0 bridgehead atoms.